The van der Waals surface area contributed by atoms with Crippen molar-refractivity contribution in [3.8, 4) is 0 Å². The van der Waals surface area contributed by atoms with Gasteiger partial charge in [0.2, 0.25) is 0 Å². The predicted octanol–water partition coefficient (Wildman–Crippen LogP) is -0.158. The smallest absolute Gasteiger partial charge is 0.317 e. The van der Waals surface area contributed by atoms with Crippen molar-refractivity contribution in [1.29, 1.82) is 0 Å². The number of aliphatic carboxylic acids is 1. The molecule has 1 saturated heterocycles. The van der Waals surface area contributed by atoms with E-state index in [2.05, 4.69) is 4.98 Å². The van der Waals surface area contributed by atoms with Crippen molar-refractivity contribution < 1.29 is 18.3 Å². The number of nitrogens with zero attached hydrogens (tertiary/aromatic N) is 3. The van der Waals surface area contributed by atoms with Gasteiger partial charge in [-0.1, -0.05) is 0 Å². The summed E-state index contributed by atoms with van der Waals surface area (Å²) in [7, 11) is -3.48. The van der Waals surface area contributed by atoms with Crippen LogP contribution in [0.25, 0.3) is 0 Å². The summed E-state index contributed by atoms with van der Waals surface area (Å²) in [6, 6.07) is 0. The van der Waals surface area contributed by atoms with Crippen LogP contribution < -0.4 is 0 Å². The summed E-state index contributed by atoms with van der Waals surface area (Å²) in [5.74, 6) is -0.894. The molecule has 19 heavy (non-hydrogen) atoms. The first-order valence-corrected chi connectivity index (χ1v) is 8.02. The van der Waals surface area contributed by atoms with E-state index in [0.717, 1.165) is 11.3 Å². The lowest BCUT2D eigenvalue weighted by Crippen LogP contribution is -2.49. The maximum absolute atomic E-state index is 12.3. The van der Waals surface area contributed by atoms with Gasteiger partial charge < -0.3 is 5.11 Å². The van der Waals surface area contributed by atoms with Crippen molar-refractivity contribution in [2.45, 2.75) is 11.1 Å². The van der Waals surface area contributed by atoms with Crippen LogP contribution in [0.5, 0.6) is 0 Å². The van der Waals surface area contributed by atoms with Crippen molar-refractivity contribution in [1.82, 2.24) is 14.2 Å². The summed E-state index contributed by atoms with van der Waals surface area (Å²) in [5, 5.41) is 9.40. The van der Waals surface area contributed by atoms with E-state index in [-0.39, 0.29) is 10.8 Å². The fourth-order valence-electron chi connectivity index (χ4n) is 1.91. The average molecular weight is 305 g/mol. The summed E-state index contributed by atoms with van der Waals surface area (Å²) in [6.45, 7) is 3.20. The third-order valence-corrected chi connectivity index (χ3v) is 6.13. The van der Waals surface area contributed by atoms with Crippen LogP contribution >= 0.6 is 11.3 Å². The largest absolute Gasteiger partial charge is 0.480 e. The van der Waals surface area contributed by atoms with Gasteiger partial charge in [-0.05, 0) is 6.92 Å². The molecule has 1 aromatic heterocycles. The van der Waals surface area contributed by atoms with E-state index in [1.165, 1.54) is 10.5 Å². The van der Waals surface area contributed by atoms with Crippen molar-refractivity contribution >= 4 is 27.3 Å². The number of aryl methyl sites for hydroxylation is 1. The second-order valence-electron chi connectivity index (χ2n) is 4.27. The van der Waals surface area contributed by atoms with Crippen LogP contribution in [0.4, 0.5) is 0 Å². The molecule has 1 aliphatic rings. The number of hydrogen-bond donors (Lipinski definition) is 1. The molecule has 1 N–H and O–H groups in total. The predicted molar refractivity (Wildman–Crippen MR) is 69.7 cm³/mol. The molecular weight excluding hydrogens is 290 g/mol. The summed E-state index contributed by atoms with van der Waals surface area (Å²) in [4.78, 5) is 16.3. The normalized spacial score (nSPS) is 18.6. The zero-order valence-corrected chi connectivity index (χ0v) is 12.1. The van der Waals surface area contributed by atoms with Crippen molar-refractivity contribution in [2.24, 2.45) is 0 Å². The van der Waals surface area contributed by atoms with Gasteiger partial charge in [0.15, 0.2) is 4.21 Å². The molecular formula is C10H15N3O4S2. The molecule has 1 fully saturated rings. The Morgan fingerprint density at radius 3 is 2.53 bits per heavy atom. The summed E-state index contributed by atoms with van der Waals surface area (Å²) >= 11 is 1.15. The highest BCUT2D eigenvalue weighted by atomic mass is 32.2. The third-order valence-electron chi connectivity index (χ3n) is 2.88. The van der Waals surface area contributed by atoms with Crippen LogP contribution in [-0.2, 0) is 14.8 Å². The molecule has 0 bridgehead atoms. The zero-order chi connectivity index (χ0) is 14.0. The third kappa shape index (κ3) is 3.30. The number of hydrogen-bond acceptors (Lipinski definition) is 6. The molecule has 9 heteroatoms. The summed E-state index contributed by atoms with van der Waals surface area (Å²) in [6.07, 6.45) is 1.37. The van der Waals surface area contributed by atoms with E-state index < -0.39 is 16.0 Å². The Bertz CT molecular complexity index is 561. The van der Waals surface area contributed by atoms with Crippen LogP contribution in [0.3, 0.4) is 0 Å². The minimum absolute atomic E-state index is 0.0481. The van der Waals surface area contributed by atoms with Gasteiger partial charge >= 0.3 is 5.97 Å². The highest BCUT2D eigenvalue weighted by Crippen LogP contribution is 2.23. The Morgan fingerprint density at radius 1 is 1.42 bits per heavy atom. The Balaban J connectivity index is 2.03. The number of rotatable bonds is 4. The van der Waals surface area contributed by atoms with E-state index in [1.807, 2.05) is 0 Å². The first-order chi connectivity index (χ1) is 8.89. The quantitative estimate of drug-likeness (QED) is 0.831. The van der Waals surface area contributed by atoms with Crippen LogP contribution in [0, 0.1) is 6.92 Å². The van der Waals surface area contributed by atoms with E-state index in [4.69, 9.17) is 5.11 Å². The molecule has 0 aromatic carbocycles. The molecule has 0 radical (unpaired) electrons. The van der Waals surface area contributed by atoms with Gasteiger partial charge in [0, 0.05) is 26.2 Å². The van der Waals surface area contributed by atoms with Crippen LogP contribution in [0.15, 0.2) is 10.4 Å². The van der Waals surface area contributed by atoms with Gasteiger partial charge in [0.05, 0.1) is 17.7 Å². The molecule has 0 unspecified atom stereocenters. The monoisotopic (exact) mass is 305 g/mol. The number of piperazine rings is 1. The number of sulfonamides is 1. The average Bonchev–Trinajstić information content (AvgIpc) is 2.76. The van der Waals surface area contributed by atoms with E-state index in [1.54, 1.807) is 11.8 Å². The summed E-state index contributed by atoms with van der Waals surface area (Å²) in [5.41, 5.74) is 0. The maximum atomic E-state index is 12.3. The standard InChI is InChI=1S/C10H15N3O4S2/c1-8-11-6-10(18-8)19(16,17)13-4-2-12(3-5-13)7-9(14)15/h6H,2-5,7H2,1H3,(H,14,15). The first kappa shape index (κ1) is 14.4. The Labute approximate surface area is 115 Å². The molecule has 1 aliphatic heterocycles. The lowest BCUT2D eigenvalue weighted by atomic mass is 10.3. The summed E-state index contributed by atoms with van der Waals surface area (Å²) < 4.78 is 26.2. The molecule has 1 aromatic rings. The molecule has 0 saturated carbocycles. The molecule has 7 nitrogen and oxygen atoms in total. The van der Waals surface area contributed by atoms with Crippen molar-refractivity contribution in [3.63, 3.8) is 0 Å². The topological polar surface area (TPSA) is 90.8 Å². The van der Waals surface area contributed by atoms with Gasteiger partial charge in [-0.25, -0.2) is 13.4 Å². The second-order valence-corrected chi connectivity index (χ2v) is 7.67. The van der Waals surface area contributed by atoms with Crippen LogP contribution in [0.2, 0.25) is 0 Å². The minimum Gasteiger partial charge on any atom is -0.480 e. The maximum Gasteiger partial charge on any atom is 0.317 e. The number of carboxylic acid groups (broad SMARTS) is 1. The first-order valence-electron chi connectivity index (χ1n) is 5.76. The number of thiazole rings is 1. The molecule has 106 valence electrons. The lowest BCUT2D eigenvalue weighted by molar-refractivity contribution is -0.138. The Kier molecular flexibility index (Phi) is 4.19. The number of carboxylic acids is 1. The van der Waals surface area contributed by atoms with Gasteiger partial charge in [-0.15, -0.1) is 11.3 Å². The van der Waals surface area contributed by atoms with Crippen LogP contribution in [-0.4, -0.2) is 66.4 Å². The van der Waals surface area contributed by atoms with E-state index in [0.29, 0.717) is 31.2 Å². The van der Waals surface area contributed by atoms with Gasteiger partial charge in [-0.3, -0.25) is 9.69 Å². The SMILES string of the molecule is Cc1ncc(S(=O)(=O)N2CCN(CC(=O)O)CC2)s1. The molecule has 0 aliphatic carbocycles. The highest BCUT2D eigenvalue weighted by molar-refractivity contribution is 7.91. The van der Waals surface area contributed by atoms with E-state index >= 15 is 0 Å². The van der Waals surface area contributed by atoms with Gasteiger partial charge in [0.25, 0.3) is 10.0 Å². The van der Waals surface area contributed by atoms with Crippen LogP contribution in [0.1, 0.15) is 5.01 Å². The molecule has 2 rings (SSSR count). The number of carbonyl (C=O) groups is 1. The van der Waals surface area contributed by atoms with Gasteiger partial charge in [0.1, 0.15) is 0 Å². The molecule has 0 atom stereocenters. The molecule has 2 heterocycles. The Morgan fingerprint density at radius 2 is 2.05 bits per heavy atom. The highest BCUT2D eigenvalue weighted by Gasteiger charge is 2.30. The number of aromatic nitrogens is 1. The lowest BCUT2D eigenvalue weighted by Gasteiger charge is -2.32. The molecule has 0 amide bonds. The fraction of sp³-hybridized carbons (Fsp3) is 0.600. The van der Waals surface area contributed by atoms with Crippen molar-refractivity contribution in [3.05, 3.63) is 11.2 Å². The molecule has 0 spiro atoms. The van der Waals surface area contributed by atoms with E-state index in [9.17, 15) is 13.2 Å². The fourth-order valence-corrected chi connectivity index (χ4v) is 4.59. The second kappa shape index (κ2) is 5.53. The minimum atomic E-state index is -3.48. The van der Waals surface area contributed by atoms with Gasteiger partial charge in [-0.2, -0.15) is 4.31 Å². The Hall–Kier alpha value is -1.03. The zero-order valence-electron chi connectivity index (χ0n) is 10.4. The van der Waals surface area contributed by atoms with Crippen molar-refractivity contribution in [2.75, 3.05) is 32.7 Å².